The van der Waals surface area contributed by atoms with Crippen LogP contribution in [0.3, 0.4) is 0 Å². The average molecular weight is 288 g/mol. The summed E-state index contributed by atoms with van der Waals surface area (Å²) in [5.74, 6) is 0.0122. The maximum atomic E-state index is 13.0. The lowest BCUT2D eigenvalue weighted by atomic mass is 10.1. The molecule has 0 bridgehead atoms. The number of nitrogen functional groups attached to an aromatic ring is 1. The Balaban J connectivity index is 1.96. The molecule has 0 radical (unpaired) electrons. The molecule has 110 valence electrons. The molecule has 5 heteroatoms. The molecule has 2 aromatic rings. The van der Waals surface area contributed by atoms with Crippen molar-refractivity contribution in [1.29, 1.82) is 0 Å². The first kappa shape index (κ1) is 14.8. The third-order valence-electron chi connectivity index (χ3n) is 3.09. The molecule has 0 heterocycles. The molecule has 2 rings (SSSR count). The van der Waals surface area contributed by atoms with Crippen LogP contribution in [-0.2, 0) is 6.42 Å². The largest absolute Gasteiger partial charge is 0.497 e. The van der Waals surface area contributed by atoms with Gasteiger partial charge in [-0.25, -0.2) is 4.39 Å². The normalized spacial score (nSPS) is 10.2. The molecular weight excluding hydrogens is 271 g/mol. The number of benzene rings is 2. The van der Waals surface area contributed by atoms with E-state index in [1.165, 1.54) is 19.2 Å². The van der Waals surface area contributed by atoms with Crippen molar-refractivity contribution >= 4 is 11.6 Å². The summed E-state index contributed by atoms with van der Waals surface area (Å²) >= 11 is 0. The summed E-state index contributed by atoms with van der Waals surface area (Å²) < 4.78 is 18.1. The maximum absolute atomic E-state index is 13.0. The maximum Gasteiger partial charge on any atom is 0.253 e. The zero-order valence-electron chi connectivity index (χ0n) is 11.7. The lowest BCUT2D eigenvalue weighted by Crippen LogP contribution is -2.26. The van der Waals surface area contributed by atoms with Gasteiger partial charge in [-0.1, -0.05) is 12.1 Å². The Hall–Kier alpha value is -2.56. The molecule has 0 atom stereocenters. The van der Waals surface area contributed by atoms with E-state index in [1.807, 2.05) is 6.07 Å². The van der Waals surface area contributed by atoms with E-state index in [1.54, 1.807) is 24.3 Å². The average Bonchev–Trinajstić information content (AvgIpc) is 2.47. The molecular formula is C16H17FN2O2. The first-order chi connectivity index (χ1) is 10.1. The van der Waals surface area contributed by atoms with Crippen molar-refractivity contribution in [3.05, 3.63) is 59.4 Å². The van der Waals surface area contributed by atoms with Gasteiger partial charge in [-0.2, -0.15) is 0 Å². The monoisotopic (exact) mass is 288 g/mol. The minimum Gasteiger partial charge on any atom is -0.497 e. The van der Waals surface area contributed by atoms with E-state index >= 15 is 0 Å². The number of carbonyl (C=O) groups excluding carboxylic acids is 1. The van der Waals surface area contributed by atoms with E-state index in [2.05, 4.69) is 5.32 Å². The first-order valence-electron chi connectivity index (χ1n) is 6.56. The van der Waals surface area contributed by atoms with Crippen molar-refractivity contribution < 1.29 is 13.9 Å². The molecule has 0 aliphatic carbocycles. The number of nitrogens with two attached hydrogens (primary N) is 1. The van der Waals surface area contributed by atoms with Crippen molar-refractivity contribution in [2.45, 2.75) is 6.42 Å². The Bertz CT molecular complexity index is 644. The minimum atomic E-state index is -0.282. The van der Waals surface area contributed by atoms with Gasteiger partial charge in [0.2, 0.25) is 0 Å². The van der Waals surface area contributed by atoms with E-state index in [4.69, 9.17) is 10.5 Å². The van der Waals surface area contributed by atoms with Crippen LogP contribution in [0.5, 0.6) is 5.75 Å². The topological polar surface area (TPSA) is 64.3 Å². The highest BCUT2D eigenvalue weighted by molar-refractivity contribution is 5.99. The Morgan fingerprint density at radius 2 is 2.10 bits per heavy atom. The number of amides is 1. The van der Waals surface area contributed by atoms with Crippen LogP contribution in [0, 0.1) is 5.82 Å². The molecule has 0 spiro atoms. The van der Waals surface area contributed by atoms with Crippen LogP contribution in [0.25, 0.3) is 0 Å². The van der Waals surface area contributed by atoms with Crippen molar-refractivity contribution in [2.24, 2.45) is 0 Å². The van der Waals surface area contributed by atoms with Crippen molar-refractivity contribution in [3.63, 3.8) is 0 Å². The molecule has 0 aliphatic rings. The number of carbonyl (C=O) groups is 1. The molecule has 2 aromatic carbocycles. The summed E-state index contributed by atoms with van der Waals surface area (Å²) in [5, 5.41) is 2.76. The number of ether oxygens (including phenoxy) is 1. The number of anilines is 1. The fraction of sp³-hybridized carbons (Fsp3) is 0.188. The molecule has 0 unspecified atom stereocenters. The van der Waals surface area contributed by atoms with Crippen molar-refractivity contribution in [3.8, 4) is 5.75 Å². The molecule has 0 fully saturated rings. The lowest BCUT2D eigenvalue weighted by Gasteiger charge is -2.09. The molecule has 21 heavy (non-hydrogen) atoms. The van der Waals surface area contributed by atoms with Crippen molar-refractivity contribution in [2.75, 3.05) is 19.4 Å². The number of hydrogen-bond donors (Lipinski definition) is 2. The van der Waals surface area contributed by atoms with Gasteiger partial charge in [-0.05, 0) is 42.3 Å². The van der Waals surface area contributed by atoms with E-state index in [0.717, 1.165) is 5.56 Å². The second kappa shape index (κ2) is 6.74. The standard InChI is InChI=1S/C16H17FN2O2/c1-21-13-5-6-15(18)14(10-13)16(20)19-8-7-11-3-2-4-12(17)9-11/h2-6,9-10H,7-8,18H2,1H3,(H,19,20). The Morgan fingerprint density at radius 1 is 1.29 bits per heavy atom. The Morgan fingerprint density at radius 3 is 2.81 bits per heavy atom. The summed E-state index contributed by atoms with van der Waals surface area (Å²) in [6.45, 7) is 0.402. The van der Waals surface area contributed by atoms with E-state index in [-0.39, 0.29) is 11.7 Å². The summed E-state index contributed by atoms with van der Waals surface area (Å²) in [5.41, 5.74) is 7.37. The van der Waals surface area contributed by atoms with Gasteiger partial charge >= 0.3 is 0 Å². The highest BCUT2D eigenvalue weighted by Crippen LogP contribution is 2.19. The zero-order valence-corrected chi connectivity index (χ0v) is 11.7. The molecule has 0 saturated carbocycles. The Labute approximate surface area is 122 Å². The second-order valence-corrected chi connectivity index (χ2v) is 4.59. The summed E-state index contributed by atoms with van der Waals surface area (Å²) in [6.07, 6.45) is 0.549. The van der Waals surface area contributed by atoms with E-state index in [9.17, 15) is 9.18 Å². The molecule has 1 amide bonds. The predicted octanol–water partition coefficient (Wildman–Crippen LogP) is 2.39. The highest BCUT2D eigenvalue weighted by Gasteiger charge is 2.10. The van der Waals surface area contributed by atoms with E-state index < -0.39 is 0 Å². The van der Waals surface area contributed by atoms with Gasteiger partial charge in [0.15, 0.2) is 0 Å². The van der Waals surface area contributed by atoms with E-state index in [0.29, 0.717) is 30.0 Å². The quantitative estimate of drug-likeness (QED) is 0.830. The fourth-order valence-electron chi connectivity index (χ4n) is 1.97. The van der Waals surface area contributed by atoms with Crippen LogP contribution in [0.1, 0.15) is 15.9 Å². The van der Waals surface area contributed by atoms with Crippen LogP contribution in [0.2, 0.25) is 0 Å². The van der Waals surface area contributed by atoms with Gasteiger partial charge in [-0.3, -0.25) is 4.79 Å². The minimum absolute atomic E-state index is 0.275. The number of rotatable bonds is 5. The van der Waals surface area contributed by atoms with Crippen LogP contribution in [-0.4, -0.2) is 19.6 Å². The van der Waals surface area contributed by atoms with Crippen LogP contribution < -0.4 is 15.8 Å². The summed E-state index contributed by atoms with van der Waals surface area (Å²) in [6, 6.07) is 11.2. The number of hydrogen-bond acceptors (Lipinski definition) is 3. The van der Waals surface area contributed by atoms with Gasteiger partial charge in [0.25, 0.3) is 5.91 Å². The number of methoxy groups -OCH3 is 1. The zero-order chi connectivity index (χ0) is 15.2. The smallest absolute Gasteiger partial charge is 0.253 e. The molecule has 0 saturated heterocycles. The van der Waals surface area contributed by atoms with Crippen LogP contribution in [0.15, 0.2) is 42.5 Å². The van der Waals surface area contributed by atoms with Crippen molar-refractivity contribution in [1.82, 2.24) is 5.32 Å². The highest BCUT2D eigenvalue weighted by atomic mass is 19.1. The molecule has 4 nitrogen and oxygen atoms in total. The van der Waals surface area contributed by atoms with Gasteiger partial charge < -0.3 is 15.8 Å². The summed E-state index contributed by atoms with van der Waals surface area (Å²) in [4.78, 5) is 12.1. The van der Waals surface area contributed by atoms with Gasteiger partial charge in [0.1, 0.15) is 11.6 Å². The van der Waals surface area contributed by atoms with Gasteiger partial charge in [-0.15, -0.1) is 0 Å². The molecule has 0 aliphatic heterocycles. The lowest BCUT2D eigenvalue weighted by molar-refractivity contribution is 0.0954. The fourth-order valence-corrected chi connectivity index (χ4v) is 1.97. The third kappa shape index (κ3) is 3.95. The van der Waals surface area contributed by atoms with Gasteiger partial charge in [0, 0.05) is 12.2 Å². The third-order valence-corrected chi connectivity index (χ3v) is 3.09. The SMILES string of the molecule is COc1ccc(N)c(C(=O)NCCc2cccc(F)c2)c1. The summed E-state index contributed by atoms with van der Waals surface area (Å²) in [7, 11) is 1.52. The Kier molecular flexibility index (Phi) is 4.77. The first-order valence-corrected chi connectivity index (χ1v) is 6.56. The molecule has 0 aromatic heterocycles. The van der Waals surface area contributed by atoms with Crippen LogP contribution in [0.4, 0.5) is 10.1 Å². The van der Waals surface area contributed by atoms with Crippen LogP contribution >= 0.6 is 0 Å². The number of nitrogens with one attached hydrogen (secondary N) is 1. The number of halogens is 1. The van der Waals surface area contributed by atoms with Gasteiger partial charge in [0.05, 0.1) is 12.7 Å². The second-order valence-electron chi connectivity index (χ2n) is 4.59. The molecule has 3 N–H and O–H groups in total. The predicted molar refractivity (Wildman–Crippen MR) is 79.8 cm³/mol.